The Balaban J connectivity index is 2.34. The summed E-state index contributed by atoms with van der Waals surface area (Å²) in [4.78, 5) is 12.5. The largest absolute Gasteiger partial charge is 0.495 e. The Morgan fingerprint density at radius 3 is 2.25 bits per heavy atom. The molecule has 1 N–H and O–H groups in total. The number of benzene rings is 2. The predicted octanol–water partition coefficient (Wildman–Crippen LogP) is 3.87. The van der Waals surface area contributed by atoms with E-state index in [9.17, 15) is 4.79 Å². The van der Waals surface area contributed by atoms with Crippen molar-refractivity contribution in [3.63, 3.8) is 0 Å². The van der Waals surface area contributed by atoms with Gasteiger partial charge < -0.3 is 10.1 Å². The first-order valence-corrected chi connectivity index (χ1v) is 6.55. The maximum atomic E-state index is 12.5. The molecular weight excluding hydrogens is 250 g/mol. The van der Waals surface area contributed by atoms with Crippen molar-refractivity contribution in [1.82, 2.24) is 0 Å². The highest BCUT2D eigenvalue weighted by Gasteiger charge is 2.14. The molecule has 0 aliphatic rings. The predicted molar refractivity (Wildman–Crippen MR) is 81.6 cm³/mol. The fraction of sp³-hybridized carbons (Fsp3) is 0.235. The molecule has 0 saturated heterocycles. The third-order valence-electron chi connectivity index (χ3n) is 3.26. The van der Waals surface area contributed by atoms with E-state index in [4.69, 9.17) is 4.74 Å². The number of para-hydroxylation sites is 2. The fourth-order valence-corrected chi connectivity index (χ4v) is 2.47. The molecule has 1 amide bonds. The molecule has 0 spiro atoms. The van der Waals surface area contributed by atoms with Gasteiger partial charge in [-0.1, -0.05) is 29.8 Å². The number of ether oxygens (including phenoxy) is 1. The molecule has 0 radical (unpaired) electrons. The second-order valence-corrected chi connectivity index (χ2v) is 4.93. The van der Waals surface area contributed by atoms with Crippen molar-refractivity contribution < 1.29 is 9.53 Å². The number of hydrogen-bond donors (Lipinski definition) is 1. The van der Waals surface area contributed by atoms with Crippen LogP contribution < -0.4 is 10.1 Å². The van der Waals surface area contributed by atoms with Crippen molar-refractivity contribution in [3.8, 4) is 5.75 Å². The number of aryl methyl sites for hydroxylation is 3. The molecule has 104 valence electrons. The smallest absolute Gasteiger partial charge is 0.256 e. The first-order valence-electron chi connectivity index (χ1n) is 6.55. The lowest BCUT2D eigenvalue weighted by Gasteiger charge is -2.13. The van der Waals surface area contributed by atoms with Gasteiger partial charge in [0.15, 0.2) is 0 Å². The molecule has 0 unspecified atom stereocenters. The van der Waals surface area contributed by atoms with E-state index in [1.807, 2.05) is 57.2 Å². The Bertz CT molecular complexity index is 624. The van der Waals surface area contributed by atoms with Gasteiger partial charge in [-0.25, -0.2) is 0 Å². The van der Waals surface area contributed by atoms with Gasteiger partial charge in [0.05, 0.1) is 12.8 Å². The molecule has 0 atom stereocenters. The SMILES string of the molecule is COc1ccccc1NC(=O)c1c(C)cc(C)cc1C. The molecular formula is C17H19NO2. The molecule has 0 fully saturated rings. The Labute approximate surface area is 119 Å². The van der Waals surface area contributed by atoms with E-state index in [-0.39, 0.29) is 5.91 Å². The molecule has 3 heteroatoms. The molecule has 2 rings (SSSR count). The van der Waals surface area contributed by atoms with Crippen LogP contribution in [-0.4, -0.2) is 13.0 Å². The highest BCUT2D eigenvalue weighted by molar-refractivity contribution is 6.07. The number of hydrogen-bond acceptors (Lipinski definition) is 2. The summed E-state index contributed by atoms with van der Waals surface area (Å²) in [6, 6.07) is 11.4. The summed E-state index contributed by atoms with van der Waals surface area (Å²) in [5.74, 6) is 0.549. The summed E-state index contributed by atoms with van der Waals surface area (Å²) in [5.41, 5.74) is 4.53. The zero-order valence-corrected chi connectivity index (χ0v) is 12.3. The lowest BCUT2D eigenvalue weighted by atomic mass is 9.99. The first-order chi connectivity index (χ1) is 9.52. The summed E-state index contributed by atoms with van der Waals surface area (Å²) < 4.78 is 5.25. The van der Waals surface area contributed by atoms with Gasteiger partial charge in [0.2, 0.25) is 0 Å². The van der Waals surface area contributed by atoms with Gasteiger partial charge in [-0.3, -0.25) is 4.79 Å². The van der Waals surface area contributed by atoms with Crippen LogP contribution in [0, 0.1) is 20.8 Å². The number of nitrogens with one attached hydrogen (secondary N) is 1. The van der Waals surface area contributed by atoms with Crippen LogP contribution in [0.2, 0.25) is 0 Å². The molecule has 0 bridgehead atoms. The summed E-state index contributed by atoms with van der Waals surface area (Å²) >= 11 is 0. The molecule has 0 heterocycles. The number of anilines is 1. The zero-order valence-electron chi connectivity index (χ0n) is 12.3. The van der Waals surface area contributed by atoms with Crippen molar-refractivity contribution in [2.75, 3.05) is 12.4 Å². The molecule has 20 heavy (non-hydrogen) atoms. The van der Waals surface area contributed by atoms with Crippen LogP contribution in [0.15, 0.2) is 36.4 Å². The monoisotopic (exact) mass is 269 g/mol. The van der Waals surface area contributed by atoms with E-state index in [0.717, 1.165) is 22.3 Å². The molecule has 2 aromatic carbocycles. The van der Waals surface area contributed by atoms with Crippen LogP contribution >= 0.6 is 0 Å². The van der Waals surface area contributed by atoms with E-state index >= 15 is 0 Å². The number of carbonyl (C=O) groups excluding carboxylic acids is 1. The van der Waals surface area contributed by atoms with E-state index in [1.54, 1.807) is 7.11 Å². The highest BCUT2D eigenvalue weighted by Crippen LogP contribution is 2.25. The van der Waals surface area contributed by atoms with Crippen molar-refractivity contribution in [2.45, 2.75) is 20.8 Å². The van der Waals surface area contributed by atoms with Crippen molar-refractivity contribution in [3.05, 3.63) is 58.7 Å². The van der Waals surface area contributed by atoms with Crippen LogP contribution in [0.1, 0.15) is 27.0 Å². The lowest BCUT2D eigenvalue weighted by molar-refractivity contribution is 0.102. The molecule has 0 aromatic heterocycles. The summed E-state index contributed by atoms with van der Waals surface area (Å²) in [6.07, 6.45) is 0. The van der Waals surface area contributed by atoms with Gasteiger partial charge in [-0.05, 0) is 44.0 Å². The van der Waals surface area contributed by atoms with Gasteiger partial charge in [-0.2, -0.15) is 0 Å². The van der Waals surface area contributed by atoms with Gasteiger partial charge in [0.1, 0.15) is 5.75 Å². The number of rotatable bonds is 3. The molecule has 0 aliphatic carbocycles. The van der Waals surface area contributed by atoms with E-state index in [0.29, 0.717) is 11.4 Å². The average molecular weight is 269 g/mol. The molecule has 0 saturated carbocycles. The Hall–Kier alpha value is -2.29. The lowest BCUT2D eigenvalue weighted by Crippen LogP contribution is -2.15. The number of methoxy groups -OCH3 is 1. The number of carbonyl (C=O) groups is 1. The van der Waals surface area contributed by atoms with Crippen molar-refractivity contribution >= 4 is 11.6 Å². The quantitative estimate of drug-likeness (QED) is 0.918. The third-order valence-corrected chi connectivity index (χ3v) is 3.26. The third kappa shape index (κ3) is 2.82. The van der Waals surface area contributed by atoms with Gasteiger partial charge in [0, 0.05) is 5.56 Å². The van der Waals surface area contributed by atoms with Crippen LogP contribution in [-0.2, 0) is 0 Å². The van der Waals surface area contributed by atoms with Crippen LogP contribution in [0.4, 0.5) is 5.69 Å². The van der Waals surface area contributed by atoms with E-state index in [1.165, 1.54) is 0 Å². The van der Waals surface area contributed by atoms with Gasteiger partial charge in [-0.15, -0.1) is 0 Å². The van der Waals surface area contributed by atoms with Gasteiger partial charge in [0.25, 0.3) is 5.91 Å². The second-order valence-electron chi connectivity index (χ2n) is 4.93. The Morgan fingerprint density at radius 2 is 1.65 bits per heavy atom. The minimum atomic E-state index is -0.107. The standard InChI is InChI=1S/C17H19NO2/c1-11-9-12(2)16(13(3)10-11)17(19)18-14-7-5-6-8-15(14)20-4/h5-10H,1-4H3,(H,18,19). The van der Waals surface area contributed by atoms with E-state index in [2.05, 4.69) is 5.32 Å². The number of amides is 1. The van der Waals surface area contributed by atoms with Crippen molar-refractivity contribution in [2.24, 2.45) is 0 Å². The second kappa shape index (κ2) is 5.78. The molecule has 3 nitrogen and oxygen atoms in total. The Morgan fingerprint density at radius 1 is 1.05 bits per heavy atom. The summed E-state index contributed by atoms with van der Waals surface area (Å²) in [6.45, 7) is 5.94. The van der Waals surface area contributed by atoms with E-state index < -0.39 is 0 Å². The van der Waals surface area contributed by atoms with Gasteiger partial charge >= 0.3 is 0 Å². The minimum Gasteiger partial charge on any atom is -0.495 e. The maximum Gasteiger partial charge on any atom is 0.256 e. The maximum absolute atomic E-state index is 12.5. The fourth-order valence-electron chi connectivity index (χ4n) is 2.47. The first kappa shape index (κ1) is 14.1. The summed E-state index contributed by atoms with van der Waals surface area (Å²) in [5, 5.41) is 2.91. The molecule has 0 aliphatic heterocycles. The van der Waals surface area contributed by atoms with Crippen molar-refractivity contribution in [1.29, 1.82) is 0 Å². The average Bonchev–Trinajstić information content (AvgIpc) is 2.38. The minimum absolute atomic E-state index is 0.107. The normalized spacial score (nSPS) is 10.2. The van der Waals surface area contributed by atoms with Crippen LogP contribution in [0.5, 0.6) is 5.75 Å². The topological polar surface area (TPSA) is 38.3 Å². The zero-order chi connectivity index (χ0) is 14.7. The Kier molecular flexibility index (Phi) is 4.08. The van der Waals surface area contributed by atoms with Crippen LogP contribution in [0.3, 0.4) is 0 Å². The van der Waals surface area contributed by atoms with Crippen LogP contribution in [0.25, 0.3) is 0 Å². The highest BCUT2D eigenvalue weighted by atomic mass is 16.5. The summed E-state index contributed by atoms with van der Waals surface area (Å²) in [7, 11) is 1.59. The molecule has 2 aromatic rings.